The molecule has 2 atom stereocenters. The molecule has 0 spiro atoms. The lowest BCUT2D eigenvalue weighted by Gasteiger charge is -2.34. The quantitative estimate of drug-likeness (QED) is 0.781. The standard InChI is InChI=1S/C18H19ClFN5/c19-12-5-6-13(22-9-12)10-25-17-4-2-1-3-16(17)23-18(25)24-8-7-14(20)15(21)11-24/h1-6,9,14-15H,7-8,10-11,21H2. The first-order valence-corrected chi connectivity index (χ1v) is 8.70. The molecule has 1 fully saturated rings. The number of aromatic nitrogens is 3. The minimum atomic E-state index is -0.952. The lowest BCUT2D eigenvalue weighted by molar-refractivity contribution is 0.243. The minimum Gasteiger partial charge on any atom is -0.340 e. The van der Waals surface area contributed by atoms with Crippen LogP contribution in [-0.4, -0.2) is 39.8 Å². The van der Waals surface area contributed by atoms with Crippen LogP contribution in [0.3, 0.4) is 0 Å². The lowest BCUT2D eigenvalue weighted by atomic mass is 10.1. The maximum absolute atomic E-state index is 13.8. The minimum absolute atomic E-state index is 0.420. The number of hydrogen-bond donors (Lipinski definition) is 1. The van der Waals surface area contributed by atoms with E-state index in [-0.39, 0.29) is 0 Å². The Balaban J connectivity index is 1.74. The van der Waals surface area contributed by atoms with E-state index in [1.165, 1.54) is 0 Å². The maximum atomic E-state index is 13.8. The zero-order valence-electron chi connectivity index (χ0n) is 13.6. The van der Waals surface area contributed by atoms with Crippen LogP contribution in [0.2, 0.25) is 5.02 Å². The second-order valence-electron chi connectivity index (χ2n) is 6.37. The molecule has 1 aromatic carbocycles. The number of fused-ring (bicyclic) bond motifs is 1. The van der Waals surface area contributed by atoms with Crippen LogP contribution in [0.1, 0.15) is 12.1 Å². The first kappa shape index (κ1) is 16.3. The molecule has 1 saturated heterocycles. The van der Waals surface area contributed by atoms with Gasteiger partial charge < -0.3 is 15.2 Å². The van der Waals surface area contributed by atoms with E-state index in [0.29, 0.717) is 31.1 Å². The van der Waals surface area contributed by atoms with Gasteiger partial charge in [0.1, 0.15) is 6.17 Å². The summed E-state index contributed by atoms with van der Waals surface area (Å²) < 4.78 is 15.9. The molecule has 5 nitrogen and oxygen atoms in total. The summed E-state index contributed by atoms with van der Waals surface area (Å²) in [6.45, 7) is 1.63. The SMILES string of the molecule is NC1CN(c2nc3ccccc3n2Cc2ccc(Cl)cn2)CCC1F. The molecule has 1 aliphatic heterocycles. The lowest BCUT2D eigenvalue weighted by Crippen LogP contribution is -2.50. The summed E-state index contributed by atoms with van der Waals surface area (Å²) in [4.78, 5) is 11.2. The molecule has 1 aliphatic rings. The van der Waals surface area contributed by atoms with Crippen LogP contribution < -0.4 is 10.6 Å². The van der Waals surface area contributed by atoms with Crippen molar-refractivity contribution in [3.63, 3.8) is 0 Å². The van der Waals surface area contributed by atoms with Crippen LogP contribution in [0.5, 0.6) is 0 Å². The van der Waals surface area contributed by atoms with Gasteiger partial charge in [0.2, 0.25) is 5.95 Å². The highest BCUT2D eigenvalue weighted by molar-refractivity contribution is 6.30. The molecular weight excluding hydrogens is 341 g/mol. The smallest absolute Gasteiger partial charge is 0.206 e. The highest BCUT2D eigenvalue weighted by atomic mass is 35.5. The van der Waals surface area contributed by atoms with Crippen LogP contribution >= 0.6 is 11.6 Å². The number of piperidine rings is 1. The monoisotopic (exact) mass is 359 g/mol. The Bertz CT molecular complexity index is 879. The molecule has 0 saturated carbocycles. The van der Waals surface area contributed by atoms with Gasteiger partial charge in [-0.2, -0.15) is 0 Å². The van der Waals surface area contributed by atoms with Gasteiger partial charge in [-0.15, -0.1) is 0 Å². The van der Waals surface area contributed by atoms with Gasteiger partial charge in [0.15, 0.2) is 0 Å². The predicted molar refractivity (Wildman–Crippen MR) is 97.8 cm³/mol. The van der Waals surface area contributed by atoms with Crippen LogP contribution in [0.4, 0.5) is 10.3 Å². The van der Waals surface area contributed by atoms with E-state index in [1.807, 2.05) is 36.4 Å². The molecule has 2 N–H and O–H groups in total. The third kappa shape index (κ3) is 3.19. The number of anilines is 1. The van der Waals surface area contributed by atoms with Gasteiger partial charge in [-0.25, -0.2) is 9.37 Å². The molecule has 0 bridgehead atoms. The number of benzene rings is 1. The van der Waals surface area contributed by atoms with E-state index in [0.717, 1.165) is 22.7 Å². The molecule has 3 heterocycles. The molecule has 0 aliphatic carbocycles. The number of halogens is 2. The van der Waals surface area contributed by atoms with Crippen molar-refractivity contribution in [3.05, 3.63) is 53.3 Å². The Kier molecular flexibility index (Phi) is 4.31. The van der Waals surface area contributed by atoms with E-state index < -0.39 is 12.2 Å². The number of nitrogens with zero attached hydrogens (tertiary/aromatic N) is 4. The Morgan fingerprint density at radius 2 is 2.08 bits per heavy atom. The van der Waals surface area contributed by atoms with E-state index in [2.05, 4.69) is 14.5 Å². The molecule has 25 heavy (non-hydrogen) atoms. The van der Waals surface area contributed by atoms with Gasteiger partial charge >= 0.3 is 0 Å². The fourth-order valence-corrected chi connectivity index (χ4v) is 3.37. The number of para-hydroxylation sites is 2. The normalized spacial score (nSPS) is 21.0. The summed E-state index contributed by atoms with van der Waals surface area (Å²) in [6.07, 6.45) is 1.11. The molecule has 2 unspecified atom stereocenters. The fraction of sp³-hybridized carbons (Fsp3) is 0.333. The number of pyridine rings is 1. The van der Waals surface area contributed by atoms with E-state index in [1.54, 1.807) is 6.20 Å². The first-order valence-electron chi connectivity index (χ1n) is 8.32. The molecule has 7 heteroatoms. The Morgan fingerprint density at radius 1 is 1.24 bits per heavy atom. The summed E-state index contributed by atoms with van der Waals surface area (Å²) in [7, 11) is 0. The van der Waals surface area contributed by atoms with Crippen molar-refractivity contribution < 1.29 is 4.39 Å². The first-order chi connectivity index (χ1) is 12.1. The summed E-state index contributed by atoms with van der Waals surface area (Å²) >= 11 is 5.93. The van der Waals surface area contributed by atoms with Gasteiger partial charge in [0.05, 0.1) is 34.3 Å². The van der Waals surface area contributed by atoms with Crippen LogP contribution in [0, 0.1) is 0 Å². The van der Waals surface area contributed by atoms with Crippen molar-refractivity contribution in [2.45, 2.75) is 25.2 Å². The van der Waals surface area contributed by atoms with Gasteiger partial charge in [0.25, 0.3) is 0 Å². The molecule has 0 amide bonds. The highest BCUT2D eigenvalue weighted by Crippen LogP contribution is 2.26. The average Bonchev–Trinajstić information content (AvgIpc) is 2.98. The third-order valence-corrected chi connectivity index (χ3v) is 4.82. The largest absolute Gasteiger partial charge is 0.340 e. The zero-order chi connectivity index (χ0) is 17.4. The van der Waals surface area contributed by atoms with Crippen molar-refractivity contribution in [1.82, 2.24) is 14.5 Å². The maximum Gasteiger partial charge on any atom is 0.206 e. The van der Waals surface area contributed by atoms with Crippen LogP contribution in [-0.2, 0) is 6.54 Å². The Labute approximate surface area is 150 Å². The topological polar surface area (TPSA) is 60.0 Å². The second kappa shape index (κ2) is 6.61. The number of imidazole rings is 1. The highest BCUT2D eigenvalue weighted by Gasteiger charge is 2.29. The van der Waals surface area contributed by atoms with Crippen LogP contribution in [0.15, 0.2) is 42.6 Å². The molecule has 4 rings (SSSR count). The summed E-state index contributed by atoms with van der Waals surface area (Å²) in [5.41, 5.74) is 8.75. The summed E-state index contributed by atoms with van der Waals surface area (Å²) in [6, 6.07) is 11.2. The van der Waals surface area contributed by atoms with Crippen molar-refractivity contribution in [2.75, 3.05) is 18.0 Å². The summed E-state index contributed by atoms with van der Waals surface area (Å²) in [5, 5.41) is 0.607. The molecule has 130 valence electrons. The third-order valence-electron chi connectivity index (χ3n) is 4.60. The Hall–Kier alpha value is -2.18. The van der Waals surface area contributed by atoms with Crippen molar-refractivity contribution in [2.24, 2.45) is 5.73 Å². The molecule has 0 radical (unpaired) electrons. The predicted octanol–water partition coefficient (Wildman–Crippen LogP) is 3.01. The number of hydrogen-bond acceptors (Lipinski definition) is 4. The van der Waals surface area contributed by atoms with Gasteiger partial charge in [0, 0.05) is 19.3 Å². The van der Waals surface area contributed by atoms with Gasteiger partial charge in [-0.05, 0) is 30.7 Å². The van der Waals surface area contributed by atoms with Crippen molar-refractivity contribution in [3.8, 4) is 0 Å². The number of rotatable bonds is 3. The van der Waals surface area contributed by atoms with Crippen molar-refractivity contribution >= 4 is 28.6 Å². The van der Waals surface area contributed by atoms with E-state index in [4.69, 9.17) is 22.3 Å². The van der Waals surface area contributed by atoms with Crippen molar-refractivity contribution in [1.29, 1.82) is 0 Å². The van der Waals surface area contributed by atoms with E-state index in [9.17, 15) is 4.39 Å². The molecular formula is C18H19ClFN5. The Morgan fingerprint density at radius 3 is 2.84 bits per heavy atom. The summed E-state index contributed by atoms with van der Waals surface area (Å²) in [5.74, 6) is 0.806. The second-order valence-corrected chi connectivity index (χ2v) is 6.81. The fourth-order valence-electron chi connectivity index (χ4n) is 3.26. The molecule has 2 aromatic heterocycles. The van der Waals surface area contributed by atoms with Crippen LogP contribution in [0.25, 0.3) is 11.0 Å². The zero-order valence-corrected chi connectivity index (χ0v) is 14.4. The number of nitrogens with two attached hydrogens (primary N) is 1. The van der Waals surface area contributed by atoms with Gasteiger partial charge in [-0.3, -0.25) is 4.98 Å². The van der Waals surface area contributed by atoms with Gasteiger partial charge in [-0.1, -0.05) is 23.7 Å². The molecule has 3 aromatic rings. The van der Waals surface area contributed by atoms with E-state index >= 15 is 0 Å². The average molecular weight is 360 g/mol. The number of alkyl halides is 1.